The van der Waals surface area contributed by atoms with E-state index in [0.717, 1.165) is 23.5 Å². The summed E-state index contributed by atoms with van der Waals surface area (Å²) in [7, 11) is 2.02. The molecule has 1 aromatic rings. The van der Waals surface area contributed by atoms with Crippen LogP contribution in [0.2, 0.25) is 0 Å². The third-order valence-corrected chi connectivity index (χ3v) is 6.69. The summed E-state index contributed by atoms with van der Waals surface area (Å²) in [6.07, 6.45) is 5.07. The van der Waals surface area contributed by atoms with E-state index in [2.05, 4.69) is 39.8 Å². The molecule has 2 aliphatic heterocycles. The molecule has 134 valence electrons. The lowest BCUT2D eigenvalue weighted by atomic mass is 10.1. The van der Waals surface area contributed by atoms with Crippen LogP contribution in [0, 0.1) is 0 Å². The fourth-order valence-electron chi connectivity index (χ4n) is 3.64. The van der Waals surface area contributed by atoms with Gasteiger partial charge in [-0.05, 0) is 37.1 Å². The predicted molar refractivity (Wildman–Crippen MR) is 102 cm³/mol. The summed E-state index contributed by atoms with van der Waals surface area (Å²) in [6.45, 7) is 9.45. The van der Waals surface area contributed by atoms with Gasteiger partial charge in [-0.3, -0.25) is 0 Å². The highest BCUT2D eigenvalue weighted by Gasteiger charge is 2.28. The summed E-state index contributed by atoms with van der Waals surface area (Å²) < 4.78 is 12.1. The molecule has 0 saturated carbocycles. The monoisotopic (exact) mass is 349 g/mol. The zero-order valence-electron chi connectivity index (χ0n) is 15.2. The first-order chi connectivity index (χ1) is 11.7. The van der Waals surface area contributed by atoms with Gasteiger partial charge in [-0.2, -0.15) is 0 Å². The molecule has 1 unspecified atom stereocenters. The molecule has 24 heavy (non-hydrogen) atoms. The van der Waals surface area contributed by atoms with E-state index in [1.807, 2.05) is 7.05 Å². The van der Waals surface area contributed by atoms with E-state index < -0.39 is 11.2 Å². The topological polar surface area (TPSA) is 32.8 Å². The summed E-state index contributed by atoms with van der Waals surface area (Å²) in [5.41, 5.74) is 2.46. The molecule has 4 nitrogen and oxygen atoms in total. The molecule has 2 heterocycles. The van der Waals surface area contributed by atoms with Gasteiger partial charge < -0.3 is 19.3 Å². The predicted octanol–water partition coefficient (Wildman–Crippen LogP) is 2.55. The highest BCUT2D eigenvalue weighted by molar-refractivity contribution is 7.92. The van der Waals surface area contributed by atoms with Crippen molar-refractivity contribution in [3.63, 3.8) is 0 Å². The Labute approximate surface area is 150 Å². The minimum atomic E-state index is -0.850. The van der Waals surface area contributed by atoms with Crippen LogP contribution in [0.4, 0.5) is 5.69 Å². The van der Waals surface area contributed by atoms with Gasteiger partial charge in [-0.1, -0.05) is 25.8 Å². The standard InChI is InChI=1S/C19H31N3OS/c1-3-4-5-9-21-11-13-22(14-12-21)10-8-17-6-7-18-19(15-17)24(23)16-20(18)2/h6-7,15H,3-5,8-14,16H2,1-2H3. The smallest absolute Gasteiger partial charge is 0.183 e. The van der Waals surface area contributed by atoms with Crippen LogP contribution in [-0.2, 0) is 17.6 Å². The molecule has 3 rings (SSSR count). The molecule has 0 amide bonds. The van der Waals surface area contributed by atoms with Gasteiger partial charge in [-0.25, -0.2) is 0 Å². The Kier molecular flexibility index (Phi) is 6.44. The van der Waals surface area contributed by atoms with Crippen LogP contribution in [-0.4, -0.2) is 66.5 Å². The van der Waals surface area contributed by atoms with Crippen molar-refractivity contribution in [2.24, 2.45) is 0 Å². The number of benzene rings is 1. The molecule has 0 aliphatic carbocycles. The second-order valence-corrected chi connectivity index (χ2v) is 8.50. The molecule has 0 radical (unpaired) electrons. The number of unbranched alkanes of at least 4 members (excludes halogenated alkanes) is 2. The van der Waals surface area contributed by atoms with Crippen LogP contribution >= 0.6 is 0 Å². The molecular weight excluding hydrogens is 318 g/mol. The molecule has 2 aliphatic rings. The van der Waals surface area contributed by atoms with Crippen LogP contribution in [0.25, 0.3) is 0 Å². The van der Waals surface area contributed by atoms with Crippen molar-refractivity contribution in [3.8, 4) is 0 Å². The number of fused-ring (bicyclic) bond motifs is 1. The van der Waals surface area contributed by atoms with Gasteiger partial charge in [0.25, 0.3) is 0 Å². The van der Waals surface area contributed by atoms with Crippen molar-refractivity contribution in [2.45, 2.75) is 37.5 Å². The lowest BCUT2D eigenvalue weighted by Gasteiger charge is -2.34. The third-order valence-electron chi connectivity index (χ3n) is 5.25. The number of nitrogens with zero attached hydrogens (tertiary/aromatic N) is 3. The first-order valence-corrected chi connectivity index (χ1v) is 10.7. The van der Waals surface area contributed by atoms with Gasteiger partial charge in [0.2, 0.25) is 0 Å². The summed E-state index contributed by atoms with van der Waals surface area (Å²) in [4.78, 5) is 8.30. The number of hydrogen-bond donors (Lipinski definition) is 0. The molecule has 0 spiro atoms. The Hall–Kier alpha value is -0.750. The Morgan fingerprint density at radius 2 is 1.75 bits per heavy atom. The fourth-order valence-corrected chi connectivity index (χ4v) is 5.01. The van der Waals surface area contributed by atoms with Gasteiger partial charge in [0.1, 0.15) is 0 Å². The molecule has 0 bridgehead atoms. The highest BCUT2D eigenvalue weighted by atomic mass is 32.2. The van der Waals surface area contributed by atoms with Crippen LogP contribution in [0.15, 0.2) is 23.1 Å². The Morgan fingerprint density at radius 3 is 2.46 bits per heavy atom. The van der Waals surface area contributed by atoms with Crippen molar-refractivity contribution in [1.82, 2.24) is 9.80 Å². The molecular formula is C19H31N3OS. The van der Waals surface area contributed by atoms with E-state index in [1.165, 1.54) is 57.5 Å². The zero-order valence-corrected chi connectivity index (χ0v) is 16.0. The zero-order chi connectivity index (χ0) is 16.9. The number of hydrogen-bond acceptors (Lipinski definition) is 4. The number of anilines is 1. The summed E-state index contributed by atoms with van der Waals surface area (Å²) >= 11 is -0.850. The fraction of sp³-hybridized carbons (Fsp3) is 0.684. The SMILES string of the molecule is CCCCCN1CCN(CCc2ccc3c(c2)[S+]([O-])CN3C)CC1. The maximum absolute atomic E-state index is 12.1. The van der Waals surface area contributed by atoms with E-state index in [-0.39, 0.29) is 0 Å². The van der Waals surface area contributed by atoms with E-state index >= 15 is 0 Å². The highest BCUT2D eigenvalue weighted by Crippen LogP contribution is 2.33. The number of piperazine rings is 1. The average molecular weight is 350 g/mol. The second kappa shape index (κ2) is 8.56. The minimum absolute atomic E-state index is 0.638. The lowest BCUT2D eigenvalue weighted by Crippen LogP contribution is -2.47. The number of rotatable bonds is 7. The van der Waals surface area contributed by atoms with Crippen molar-refractivity contribution < 1.29 is 4.55 Å². The van der Waals surface area contributed by atoms with Gasteiger partial charge in [-0.15, -0.1) is 0 Å². The molecule has 1 saturated heterocycles. The van der Waals surface area contributed by atoms with Crippen LogP contribution < -0.4 is 4.90 Å². The Morgan fingerprint density at radius 1 is 1.04 bits per heavy atom. The van der Waals surface area contributed by atoms with E-state index in [4.69, 9.17) is 0 Å². The molecule has 0 aromatic heterocycles. The normalized spacial score (nSPS) is 22.1. The Balaban J connectivity index is 1.43. The van der Waals surface area contributed by atoms with E-state index in [9.17, 15) is 4.55 Å². The largest absolute Gasteiger partial charge is 0.610 e. The summed E-state index contributed by atoms with van der Waals surface area (Å²) in [6, 6.07) is 6.51. The van der Waals surface area contributed by atoms with Crippen molar-refractivity contribution in [1.29, 1.82) is 0 Å². The molecule has 1 fully saturated rings. The van der Waals surface area contributed by atoms with Gasteiger partial charge >= 0.3 is 0 Å². The van der Waals surface area contributed by atoms with E-state index in [0.29, 0.717) is 5.88 Å². The lowest BCUT2D eigenvalue weighted by molar-refractivity contribution is 0.132. The quantitative estimate of drug-likeness (QED) is 0.559. The Bertz CT molecular complexity index is 531. The summed E-state index contributed by atoms with van der Waals surface area (Å²) in [5, 5.41) is 0. The van der Waals surface area contributed by atoms with Gasteiger partial charge in [0.15, 0.2) is 10.8 Å². The van der Waals surface area contributed by atoms with Crippen LogP contribution in [0.3, 0.4) is 0 Å². The first-order valence-electron chi connectivity index (χ1n) is 9.34. The third kappa shape index (κ3) is 4.45. The van der Waals surface area contributed by atoms with Gasteiger partial charge in [0.05, 0.1) is 5.69 Å². The molecule has 1 atom stereocenters. The molecule has 0 N–H and O–H groups in total. The van der Waals surface area contributed by atoms with Crippen LogP contribution in [0.5, 0.6) is 0 Å². The van der Waals surface area contributed by atoms with Crippen molar-refractivity contribution in [3.05, 3.63) is 23.8 Å². The van der Waals surface area contributed by atoms with E-state index in [1.54, 1.807) is 0 Å². The van der Waals surface area contributed by atoms with Crippen molar-refractivity contribution in [2.75, 3.05) is 57.1 Å². The summed E-state index contributed by atoms with van der Waals surface area (Å²) in [5.74, 6) is 0.638. The molecule has 1 aromatic carbocycles. The van der Waals surface area contributed by atoms with Gasteiger partial charge in [0, 0.05) is 50.9 Å². The minimum Gasteiger partial charge on any atom is -0.610 e. The molecule has 5 heteroatoms. The van der Waals surface area contributed by atoms with Crippen LogP contribution in [0.1, 0.15) is 31.7 Å². The maximum Gasteiger partial charge on any atom is 0.183 e. The second-order valence-electron chi connectivity index (χ2n) is 7.12. The van der Waals surface area contributed by atoms with Crippen molar-refractivity contribution >= 4 is 16.9 Å². The first kappa shape index (κ1) is 18.1. The average Bonchev–Trinajstić information content (AvgIpc) is 2.88. The maximum atomic E-state index is 12.1.